The van der Waals surface area contributed by atoms with Crippen molar-refractivity contribution in [2.75, 3.05) is 13.1 Å². The summed E-state index contributed by atoms with van der Waals surface area (Å²) in [4.78, 5) is 2.57. The summed E-state index contributed by atoms with van der Waals surface area (Å²) in [5.74, 6) is 0.772. The van der Waals surface area contributed by atoms with E-state index in [0.29, 0.717) is 12.0 Å². The third-order valence-corrected chi connectivity index (χ3v) is 4.69. The molecule has 2 aliphatic rings. The van der Waals surface area contributed by atoms with Crippen LogP contribution >= 0.6 is 0 Å². The first-order chi connectivity index (χ1) is 8.70. The number of rotatable bonds is 1. The SMILES string of the molecule is CCN1CCCC2Cc3c(ccc(O)c3O)CC21. The topological polar surface area (TPSA) is 43.7 Å². The Morgan fingerprint density at radius 2 is 2.11 bits per heavy atom. The van der Waals surface area contributed by atoms with Gasteiger partial charge in [-0.25, -0.2) is 0 Å². The molecule has 98 valence electrons. The van der Waals surface area contributed by atoms with Crippen LogP contribution in [0.4, 0.5) is 0 Å². The van der Waals surface area contributed by atoms with Crippen molar-refractivity contribution in [2.45, 2.75) is 38.6 Å². The van der Waals surface area contributed by atoms with E-state index in [2.05, 4.69) is 11.8 Å². The molecule has 1 aliphatic heterocycles. The van der Waals surface area contributed by atoms with Crippen molar-refractivity contribution in [3.8, 4) is 11.5 Å². The Labute approximate surface area is 108 Å². The van der Waals surface area contributed by atoms with Crippen LogP contribution in [-0.4, -0.2) is 34.2 Å². The highest BCUT2D eigenvalue weighted by molar-refractivity contribution is 5.50. The van der Waals surface area contributed by atoms with Gasteiger partial charge in [0.2, 0.25) is 0 Å². The second-order valence-corrected chi connectivity index (χ2v) is 5.58. The van der Waals surface area contributed by atoms with Gasteiger partial charge in [0.15, 0.2) is 11.5 Å². The number of aromatic hydroxyl groups is 2. The van der Waals surface area contributed by atoms with E-state index >= 15 is 0 Å². The fourth-order valence-electron chi connectivity index (χ4n) is 3.71. The van der Waals surface area contributed by atoms with Gasteiger partial charge in [-0.1, -0.05) is 13.0 Å². The van der Waals surface area contributed by atoms with Gasteiger partial charge in [0.05, 0.1) is 0 Å². The molecular formula is C15H21NO2. The molecule has 1 aliphatic carbocycles. The molecule has 2 N–H and O–H groups in total. The standard InChI is InChI=1S/C15H21NO2/c1-2-16-7-3-4-11-8-12-10(9-13(11)16)5-6-14(17)15(12)18/h5-6,11,13,17-18H,2-4,7-9H2,1H3. The Hall–Kier alpha value is -1.22. The average Bonchev–Trinajstić information content (AvgIpc) is 2.41. The molecular weight excluding hydrogens is 226 g/mol. The van der Waals surface area contributed by atoms with Crippen LogP contribution in [0.2, 0.25) is 0 Å². The van der Waals surface area contributed by atoms with Crippen LogP contribution < -0.4 is 0 Å². The van der Waals surface area contributed by atoms with Gasteiger partial charge in [-0.15, -0.1) is 0 Å². The normalized spacial score (nSPS) is 27.6. The summed E-state index contributed by atoms with van der Waals surface area (Å²) < 4.78 is 0. The lowest BCUT2D eigenvalue weighted by Gasteiger charge is -2.44. The van der Waals surface area contributed by atoms with Crippen LogP contribution in [0, 0.1) is 5.92 Å². The maximum atomic E-state index is 9.99. The Morgan fingerprint density at radius 3 is 2.89 bits per heavy atom. The second kappa shape index (κ2) is 4.47. The van der Waals surface area contributed by atoms with E-state index in [1.165, 1.54) is 24.9 Å². The summed E-state index contributed by atoms with van der Waals surface area (Å²) in [5.41, 5.74) is 2.20. The highest BCUT2D eigenvalue weighted by Gasteiger charge is 2.35. The Bertz CT molecular complexity index is 458. The minimum absolute atomic E-state index is 0.0235. The van der Waals surface area contributed by atoms with Gasteiger partial charge in [-0.3, -0.25) is 0 Å². The monoisotopic (exact) mass is 247 g/mol. The summed E-state index contributed by atoms with van der Waals surface area (Å²) >= 11 is 0. The summed E-state index contributed by atoms with van der Waals surface area (Å²) in [6.07, 6.45) is 4.43. The van der Waals surface area contributed by atoms with E-state index in [1.54, 1.807) is 6.07 Å². The summed E-state index contributed by atoms with van der Waals surface area (Å²) in [7, 11) is 0. The van der Waals surface area contributed by atoms with Crippen LogP contribution in [0.5, 0.6) is 11.5 Å². The number of likely N-dealkylation sites (N-methyl/N-ethyl adjacent to an activating group) is 1. The number of likely N-dealkylation sites (tertiary alicyclic amines) is 1. The minimum atomic E-state index is 0.0235. The maximum Gasteiger partial charge on any atom is 0.160 e. The van der Waals surface area contributed by atoms with Crippen LogP contribution in [-0.2, 0) is 12.8 Å². The molecule has 3 nitrogen and oxygen atoms in total. The van der Waals surface area contributed by atoms with Gasteiger partial charge < -0.3 is 15.1 Å². The number of benzene rings is 1. The molecule has 0 aromatic heterocycles. The molecule has 1 fully saturated rings. The van der Waals surface area contributed by atoms with Crippen molar-refractivity contribution in [1.29, 1.82) is 0 Å². The molecule has 0 spiro atoms. The summed E-state index contributed by atoms with van der Waals surface area (Å²) in [6.45, 7) is 4.55. The van der Waals surface area contributed by atoms with Gasteiger partial charge in [-0.2, -0.15) is 0 Å². The van der Waals surface area contributed by atoms with Crippen LogP contribution in [0.25, 0.3) is 0 Å². The summed E-state index contributed by atoms with van der Waals surface area (Å²) in [6, 6.07) is 4.22. The number of phenols is 2. The van der Waals surface area contributed by atoms with Gasteiger partial charge in [0.1, 0.15) is 0 Å². The predicted octanol–water partition coefficient (Wildman–Crippen LogP) is 2.30. The van der Waals surface area contributed by atoms with Crippen LogP contribution in [0.1, 0.15) is 30.9 Å². The molecule has 1 aromatic rings. The quantitative estimate of drug-likeness (QED) is 0.748. The summed E-state index contributed by atoms with van der Waals surface area (Å²) in [5, 5.41) is 19.6. The van der Waals surface area contributed by atoms with E-state index in [4.69, 9.17) is 0 Å². The van der Waals surface area contributed by atoms with Crippen molar-refractivity contribution in [3.05, 3.63) is 23.3 Å². The number of phenolic OH excluding ortho intramolecular Hbond substituents is 2. The van der Waals surface area contributed by atoms with Crippen molar-refractivity contribution < 1.29 is 10.2 Å². The number of hydrogen-bond donors (Lipinski definition) is 2. The fraction of sp³-hybridized carbons (Fsp3) is 0.600. The smallest absolute Gasteiger partial charge is 0.160 e. The third kappa shape index (κ3) is 1.77. The lowest BCUT2D eigenvalue weighted by atomic mass is 9.75. The molecule has 2 atom stereocenters. The zero-order valence-electron chi connectivity index (χ0n) is 10.9. The van der Waals surface area contributed by atoms with E-state index < -0.39 is 0 Å². The number of fused-ring (bicyclic) bond motifs is 2. The highest BCUT2D eigenvalue weighted by Crippen LogP contribution is 2.41. The molecule has 18 heavy (non-hydrogen) atoms. The largest absolute Gasteiger partial charge is 0.504 e. The van der Waals surface area contributed by atoms with Gasteiger partial charge in [0, 0.05) is 11.6 Å². The Morgan fingerprint density at radius 1 is 1.28 bits per heavy atom. The Balaban J connectivity index is 1.95. The van der Waals surface area contributed by atoms with Gasteiger partial charge in [0.25, 0.3) is 0 Å². The molecule has 2 unspecified atom stereocenters. The maximum absolute atomic E-state index is 9.99. The molecule has 1 heterocycles. The molecule has 0 radical (unpaired) electrons. The molecule has 3 heteroatoms. The Kier molecular flexibility index (Phi) is 2.94. The van der Waals surface area contributed by atoms with Crippen molar-refractivity contribution in [1.82, 2.24) is 4.90 Å². The molecule has 0 amide bonds. The average molecular weight is 247 g/mol. The number of piperidine rings is 1. The van der Waals surface area contributed by atoms with Gasteiger partial charge in [-0.05, 0) is 56.3 Å². The zero-order valence-corrected chi connectivity index (χ0v) is 10.9. The number of nitrogens with zero attached hydrogens (tertiary/aromatic N) is 1. The predicted molar refractivity (Wildman–Crippen MR) is 70.9 cm³/mol. The first kappa shape index (κ1) is 11.8. The minimum Gasteiger partial charge on any atom is -0.504 e. The highest BCUT2D eigenvalue weighted by atomic mass is 16.3. The zero-order chi connectivity index (χ0) is 12.7. The van der Waals surface area contributed by atoms with Crippen molar-refractivity contribution in [3.63, 3.8) is 0 Å². The fourth-order valence-corrected chi connectivity index (χ4v) is 3.71. The van der Waals surface area contributed by atoms with E-state index in [-0.39, 0.29) is 11.5 Å². The lowest BCUT2D eigenvalue weighted by Crippen LogP contribution is -2.48. The van der Waals surface area contributed by atoms with E-state index in [0.717, 1.165) is 24.9 Å². The van der Waals surface area contributed by atoms with E-state index in [1.807, 2.05) is 6.07 Å². The number of hydrogen-bond acceptors (Lipinski definition) is 3. The van der Waals surface area contributed by atoms with Crippen LogP contribution in [0.3, 0.4) is 0 Å². The molecule has 0 bridgehead atoms. The first-order valence-corrected chi connectivity index (χ1v) is 6.97. The van der Waals surface area contributed by atoms with Crippen molar-refractivity contribution >= 4 is 0 Å². The van der Waals surface area contributed by atoms with Crippen molar-refractivity contribution in [2.24, 2.45) is 5.92 Å². The third-order valence-electron chi connectivity index (χ3n) is 4.69. The molecule has 3 rings (SSSR count). The van der Waals surface area contributed by atoms with E-state index in [9.17, 15) is 10.2 Å². The molecule has 0 saturated carbocycles. The second-order valence-electron chi connectivity index (χ2n) is 5.58. The molecule has 1 aromatic carbocycles. The molecule has 1 saturated heterocycles. The van der Waals surface area contributed by atoms with Gasteiger partial charge >= 0.3 is 0 Å². The van der Waals surface area contributed by atoms with Crippen LogP contribution in [0.15, 0.2) is 12.1 Å². The lowest BCUT2D eigenvalue weighted by molar-refractivity contribution is 0.0902. The first-order valence-electron chi connectivity index (χ1n) is 6.97.